The molecule has 1 heterocycles. The molecule has 0 unspecified atom stereocenters. The first kappa shape index (κ1) is 20.8. The fourth-order valence-corrected chi connectivity index (χ4v) is 2.84. The smallest absolute Gasteiger partial charge is 0.243 e. The zero-order valence-electron chi connectivity index (χ0n) is 17.0. The van der Waals surface area contributed by atoms with E-state index in [0.29, 0.717) is 6.61 Å². The maximum absolute atomic E-state index is 11.9. The summed E-state index contributed by atoms with van der Waals surface area (Å²) in [6.07, 6.45) is 4.21. The van der Waals surface area contributed by atoms with Crippen LogP contribution in [-0.4, -0.2) is 68.5 Å². The summed E-state index contributed by atoms with van der Waals surface area (Å²) >= 11 is 0. The molecule has 1 aliphatic heterocycles. The minimum absolute atomic E-state index is 0.00780. The number of rotatable bonds is 7. The van der Waals surface area contributed by atoms with Gasteiger partial charge in [0, 0.05) is 33.7 Å². The van der Waals surface area contributed by atoms with Gasteiger partial charge in [0.05, 0.1) is 6.61 Å². The molecule has 0 aliphatic carbocycles. The van der Waals surface area contributed by atoms with E-state index in [2.05, 4.69) is 40.3 Å². The van der Waals surface area contributed by atoms with Crippen LogP contribution in [-0.2, 0) is 4.79 Å². The molecule has 0 bridgehead atoms. The van der Waals surface area contributed by atoms with Crippen LogP contribution in [0.15, 0.2) is 35.3 Å². The Morgan fingerprint density at radius 3 is 2.56 bits per heavy atom. The quantitative estimate of drug-likeness (QED) is 0.590. The summed E-state index contributed by atoms with van der Waals surface area (Å²) < 4.78 is 5.51. The Morgan fingerprint density at radius 2 is 2.00 bits per heavy atom. The van der Waals surface area contributed by atoms with Gasteiger partial charge in [-0.3, -0.25) is 4.79 Å². The summed E-state index contributed by atoms with van der Waals surface area (Å²) in [6, 6.07) is 8.28. The maximum Gasteiger partial charge on any atom is 0.243 e. The number of carbonyl (C=O) groups excluding carboxylic acids is 1. The van der Waals surface area contributed by atoms with E-state index < -0.39 is 0 Å². The molecule has 0 saturated heterocycles. The first-order chi connectivity index (χ1) is 13.0. The number of nitrogens with zero attached hydrogens (tertiary/aromatic N) is 3. The van der Waals surface area contributed by atoms with E-state index in [1.54, 1.807) is 19.0 Å². The number of nitrogens with one attached hydrogen (secondary N) is 1. The molecule has 0 atom stereocenters. The lowest BCUT2D eigenvalue weighted by atomic mass is 9.99. The Morgan fingerprint density at radius 1 is 1.26 bits per heavy atom. The number of hydrogen-bond acceptors (Lipinski definition) is 3. The van der Waals surface area contributed by atoms with E-state index >= 15 is 0 Å². The average molecular weight is 373 g/mol. The topological polar surface area (TPSA) is 57.2 Å². The average Bonchev–Trinajstić information content (AvgIpc) is 2.69. The number of carbonyl (C=O) groups is 1. The number of amides is 1. The summed E-state index contributed by atoms with van der Waals surface area (Å²) in [5.41, 5.74) is 2.58. The Labute approximate surface area is 162 Å². The molecule has 0 saturated carbocycles. The first-order valence-electron chi connectivity index (χ1n) is 9.70. The van der Waals surface area contributed by atoms with Crippen molar-refractivity contribution in [2.45, 2.75) is 26.7 Å². The third-order valence-electron chi connectivity index (χ3n) is 4.44. The van der Waals surface area contributed by atoms with Crippen LogP contribution in [0.3, 0.4) is 0 Å². The van der Waals surface area contributed by atoms with E-state index in [9.17, 15) is 4.79 Å². The van der Waals surface area contributed by atoms with E-state index in [1.807, 2.05) is 19.1 Å². The SMILES string of the molecule is CCCNC(=NCC(=O)N(C)C)N1CC=C(c2ccc(OCC)cc2)CC1. The van der Waals surface area contributed by atoms with Crippen LogP contribution in [0.4, 0.5) is 0 Å². The molecule has 1 N–H and O–H groups in total. The fraction of sp³-hybridized carbons (Fsp3) is 0.524. The van der Waals surface area contributed by atoms with Crippen molar-refractivity contribution in [3.05, 3.63) is 35.9 Å². The number of aliphatic imine (C=N–C) groups is 1. The third-order valence-corrected chi connectivity index (χ3v) is 4.44. The molecule has 1 aromatic carbocycles. The highest BCUT2D eigenvalue weighted by Gasteiger charge is 2.17. The lowest BCUT2D eigenvalue weighted by molar-refractivity contribution is -0.127. The lowest BCUT2D eigenvalue weighted by Crippen LogP contribution is -2.44. The number of likely N-dealkylation sites (N-methyl/N-ethyl adjacent to an activating group) is 1. The van der Waals surface area contributed by atoms with Gasteiger partial charge in [0.2, 0.25) is 5.91 Å². The highest BCUT2D eigenvalue weighted by Crippen LogP contribution is 2.24. The zero-order chi connectivity index (χ0) is 19.6. The fourth-order valence-electron chi connectivity index (χ4n) is 2.84. The monoisotopic (exact) mass is 372 g/mol. The molecule has 0 fully saturated rings. The number of ether oxygens (including phenoxy) is 1. The Hall–Kier alpha value is -2.50. The van der Waals surface area contributed by atoms with Gasteiger partial charge in [0.25, 0.3) is 0 Å². The van der Waals surface area contributed by atoms with Crippen molar-refractivity contribution in [2.75, 3.05) is 46.9 Å². The van der Waals surface area contributed by atoms with Crippen molar-refractivity contribution in [1.29, 1.82) is 0 Å². The van der Waals surface area contributed by atoms with Crippen LogP contribution in [0.1, 0.15) is 32.3 Å². The van der Waals surface area contributed by atoms with Crippen LogP contribution in [0.5, 0.6) is 5.75 Å². The molecule has 148 valence electrons. The maximum atomic E-state index is 11.9. The van der Waals surface area contributed by atoms with Crippen LogP contribution in [0.25, 0.3) is 5.57 Å². The molecular weight excluding hydrogens is 340 g/mol. The normalized spacial score (nSPS) is 14.6. The summed E-state index contributed by atoms with van der Waals surface area (Å²) in [5.74, 6) is 1.73. The molecule has 1 aromatic rings. The van der Waals surface area contributed by atoms with Gasteiger partial charge in [0.15, 0.2) is 5.96 Å². The molecule has 27 heavy (non-hydrogen) atoms. The lowest BCUT2D eigenvalue weighted by Gasteiger charge is -2.30. The highest BCUT2D eigenvalue weighted by atomic mass is 16.5. The van der Waals surface area contributed by atoms with Gasteiger partial charge in [-0.25, -0.2) is 4.99 Å². The summed E-state index contributed by atoms with van der Waals surface area (Å²) in [6.45, 7) is 7.48. The Balaban J connectivity index is 2.04. The van der Waals surface area contributed by atoms with Gasteiger partial charge in [-0.15, -0.1) is 0 Å². The van der Waals surface area contributed by atoms with E-state index in [-0.39, 0.29) is 12.5 Å². The second kappa shape index (κ2) is 10.6. The summed E-state index contributed by atoms with van der Waals surface area (Å²) in [4.78, 5) is 20.2. The van der Waals surface area contributed by atoms with Crippen LogP contribution >= 0.6 is 0 Å². The van der Waals surface area contributed by atoms with Gasteiger partial charge in [-0.05, 0) is 43.0 Å². The van der Waals surface area contributed by atoms with Crippen molar-refractivity contribution >= 4 is 17.4 Å². The minimum Gasteiger partial charge on any atom is -0.494 e. The predicted molar refractivity (Wildman–Crippen MR) is 111 cm³/mol. The summed E-state index contributed by atoms with van der Waals surface area (Å²) in [5, 5.41) is 3.37. The zero-order valence-corrected chi connectivity index (χ0v) is 17.0. The molecular formula is C21H32N4O2. The number of hydrogen-bond donors (Lipinski definition) is 1. The van der Waals surface area contributed by atoms with Gasteiger partial charge < -0.3 is 19.9 Å². The first-order valence-corrected chi connectivity index (χ1v) is 9.70. The van der Waals surface area contributed by atoms with Crippen LogP contribution in [0, 0.1) is 0 Å². The van der Waals surface area contributed by atoms with E-state index in [0.717, 1.165) is 44.2 Å². The van der Waals surface area contributed by atoms with Crippen LogP contribution < -0.4 is 10.1 Å². The summed E-state index contributed by atoms with van der Waals surface area (Å²) in [7, 11) is 3.51. The predicted octanol–water partition coefficient (Wildman–Crippen LogP) is 2.62. The van der Waals surface area contributed by atoms with Crippen molar-refractivity contribution in [1.82, 2.24) is 15.1 Å². The Bertz CT molecular complexity index is 665. The van der Waals surface area contributed by atoms with Crippen molar-refractivity contribution in [2.24, 2.45) is 4.99 Å². The molecule has 1 aliphatic rings. The van der Waals surface area contributed by atoms with Gasteiger partial charge in [-0.2, -0.15) is 0 Å². The molecule has 0 spiro atoms. The molecule has 0 aromatic heterocycles. The largest absolute Gasteiger partial charge is 0.494 e. The van der Waals surface area contributed by atoms with E-state index in [4.69, 9.17) is 4.74 Å². The van der Waals surface area contributed by atoms with Crippen LogP contribution in [0.2, 0.25) is 0 Å². The van der Waals surface area contributed by atoms with Gasteiger partial charge >= 0.3 is 0 Å². The molecule has 2 rings (SSSR count). The number of benzene rings is 1. The Kier molecular flexibility index (Phi) is 8.17. The second-order valence-corrected chi connectivity index (χ2v) is 6.74. The minimum atomic E-state index is 0.00780. The molecule has 6 nitrogen and oxygen atoms in total. The molecule has 0 radical (unpaired) electrons. The van der Waals surface area contributed by atoms with Gasteiger partial charge in [-0.1, -0.05) is 25.1 Å². The standard InChI is InChI=1S/C21H32N4O2/c1-5-13-22-21(23-16-20(26)24(3)4)25-14-11-18(12-15-25)17-7-9-19(10-8-17)27-6-2/h7-11H,5-6,12-16H2,1-4H3,(H,22,23). The van der Waals surface area contributed by atoms with Crippen molar-refractivity contribution in [3.8, 4) is 5.75 Å². The van der Waals surface area contributed by atoms with E-state index in [1.165, 1.54) is 11.1 Å². The second-order valence-electron chi connectivity index (χ2n) is 6.74. The third kappa shape index (κ3) is 6.31. The number of guanidine groups is 1. The van der Waals surface area contributed by atoms with Gasteiger partial charge in [0.1, 0.15) is 12.3 Å². The molecule has 6 heteroatoms. The van der Waals surface area contributed by atoms with Crippen molar-refractivity contribution < 1.29 is 9.53 Å². The van der Waals surface area contributed by atoms with Crippen molar-refractivity contribution in [3.63, 3.8) is 0 Å². The molecule has 1 amide bonds. The highest BCUT2D eigenvalue weighted by molar-refractivity contribution is 5.85.